The first-order valence-corrected chi connectivity index (χ1v) is 15.6. The zero-order valence-corrected chi connectivity index (χ0v) is 27.0. The van der Waals surface area contributed by atoms with E-state index in [4.69, 9.17) is 14.5 Å². The number of hydrogen-bond acceptors (Lipinski definition) is 6. The summed E-state index contributed by atoms with van der Waals surface area (Å²) in [4.78, 5) is 36.1. The van der Waals surface area contributed by atoms with Crippen LogP contribution in [0.5, 0.6) is 0 Å². The summed E-state index contributed by atoms with van der Waals surface area (Å²) in [5.74, 6) is -3.47. The standard InChI is InChI=1S/C35H51N3O4/c1-9-11-13-15-26(4)38(24-28-19-17-27(18-20-28)16-14-12-10-2)32(31-33(39)41-35(5,6)42-34(31)40)36-30-22-21-29(37(7)8)23-25(30)3/h17-23,26,31H,9-16,24H2,1-8H3. The molecule has 7 heteroatoms. The quantitative estimate of drug-likeness (QED) is 0.0752. The molecule has 1 atom stereocenters. The zero-order chi connectivity index (χ0) is 30.9. The summed E-state index contributed by atoms with van der Waals surface area (Å²) in [6.45, 7) is 12.2. The van der Waals surface area contributed by atoms with Crippen LogP contribution < -0.4 is 4.90 Å². The third-order valence-corrected chi connectivity index (χ3v) is 7.85. The van der Waals surface area contributed by atoms with Gasteiger partial charge in [-0.2, -0.15) is 0 Å². The van der Waals surface area contributed by atoms with E-state index in [1.165, 1.54) is 24.8 Å². The Labute approximate surface area is 253 Å². The molecule has 2 aromatic carbocycles. The Bertz CT molecular complexity index is 1200. The highest BCUT2D eigenvalue weighted by atomic mass is 16.7. The van der Waals surface area contributed by atoms with Gasteiger partial charge in [0.05, 0.1) is 5.69 Å². The molecule has 2 aromatic rings. The molecule has 42 heavy (non-hydrogen) atoms. The molecular weight excluding hydrogens is 526 g/mol. The van der Waals surface area contributed by atoms with Crippen LogP contribution in [0.15, 0.2) is 47.5 Å². The smallest absolute Gasteiger partial charge is 0.331 e. The minimum atomic E-state index is -1.32. The Hall–Kier alpha value is -3.35. The Morgan fingerprint density at radius 2 is 1.50 bits per heavy atom. The number of carbonyl (C=O) groups is 2. The summed E-state index contributed by atoms with van der Waals surface area (Å²) in [6.07, 6.45) is 8.85. The minimum absolute atomic E-state index is 0.0245. The van der Waals surface area contributed by atoms with Gasteiger partial charge in [-0.25, -0.2) is 4.99 Å². The van der Waals surface area contributed by atoms with Crippen molar-refractivity contribution >= 4 is 29.1 Å². The van der Waals surface area contributed by atoms with Gasteiger partial charge in [-0.3, -0.25) is 9.59 Å². The summed E-state index contributed by atoms with van der Waals surface area (Å²) < 4.78 is 11.2. The molecule has 0 bridgehead atoms. The van der Waals surface area contributed by atoms with Crippen molar-refractivity contribution in [2.24, 2.45) is 10.9 Å². The van der Waals surface area contributed by atoms with Crippen LogP contribution in [0.25, 0.3) is 0 Å². The molecule has 1 aliphatic heterocycles. The predicted molar refractivity (Wildman–Crippen MR) is 171 cm³/mol. The summed E-state index contributed by atoms with van der Waals surface area (Å²) >= 11 is 0. The van der Waals surface area contributed by atoms with Gasteiger partial charge in [0.2, 0.25) is 5.92 Å². The number of cyclic esters (lactones) is 2. The van der Waals surface area contributed by atoms with Crippen LogP contribution in [0.1, 0.15) is 96.3 Å². The number of aliphatic imine (C=N–C) groups is 1. The summed E-state index contributed by atoms with van der Waals surface area (Å²) in [7, 11) is 3.99. The van der Waals surface area contributed by atoms with Gasteiger partial charge in [-0.05, 0) is 68.0 Å². The fraction of sp³-hybridized carbons (Fsp3) is 0.571. The van der Waals surface area contributed by atoms with E-state index >= 15 is 0 Å². The lowest BCUT2D eigenvalue weighted by Crippen LogP contribution is -2.54. The number of aryl methyl sites for hydroxylation is 2. The molecule has 0 amide bonds. The SMILES string of the molecule is CCCCCc1ccc(CN(C(=Nc2ccc(N(C)C)cc2C)C2C(=O)OC(C)(C)OC2=O)C(C)CCCCC)cc1. The van der Waals surface area contributed by atoms with Crippen molar-refractivity contribution in [3.8, 4) is 0 Å². The van der Waals surface area contributed by atoms with Crippen molar-refractivity contribution in [2.75, 3.05) is 19.0 Å². The highest BCUT2D eigenvalue weighted by Crippen LogP contribution is 2.31. The van der Waals surface area contributed by atoms with Gasteiger partial charge in [0.25, 0.3) is 5.79 Å². The van der Waals surface area contributed by atoms with Crippen molar-refractivity contribution in [2.45, 2.75) is 111 Å². The molecule has 3 rings (SSSR count). The van der Waals surface area contributed by atoms with E-state index in [1.807, 2.05) is 38.1 Å². The molecule has 0 aliphatic carbocycles. The number of benzene rings is 2. The second-order valence-electron chi connectivity index (χ2n) is 12.3. The van der Waals surface area contributed by atoms with Crippen LogP contribution in [0.4, 0.5) is 11.4 Å². The highest BCUT2D eigenvalue weighted by molar-refractivity contribution is 6.17. The molecule has 7 nitrogen and oxygen atoms in total. The van der Waals surface area contributed by atoms with Crippen molar-refractivity contribution in [1.29, 1.82) is 0 Å². The molecule has 1 unspecified atom stereocenters. The number of carbonyl (C=O) groups excluding carboxylic acids is 2. The van der Waals surface area contributed by atoms with Crippen LogP contribution in [0.3, 0.4) is 0 Å². The maximum Gasteiger partial charge on any atom is 0.331 e. The van der Waals surface area contributed by atoms with Gasteiger partial charge in [-0.15, -0.1) is 0 Å². The third-order valence-electron chi connectivity index (χ3n) is 7.85. The molecule has 0 aromatic heterocycles. The van der Waals surface area contributed by atoms with Gasteiger partial charge in [0.15, 0.2) is 0 Å². The monoisotopic (exact) mass is 577 g/mol. The van der Waals surface area contributed by atoms with E-state index in [2.05, 4.69) is 56.0 Å². The van der Waals surface area contributed by atoms with E-state index in [0.29, 0.717) is 18.1 Å². The number of ether oxygens (including phenoxy) is 2. The molecule has 0 spiro atoms. The molecule has 0 N–H and O–H groups in total. The third kappa shape index (κ3) is 9.07. The average Bonchev–Trinajstić information content (AvgIpc) is 2.92. The van der Waals surface area contributed by atoms with E-state index in [-0.39, 0.29) is 6.04 Å². The number of nitrogens with zero attached hydrogens (tertiary/aromatic N) is 3. The molecule has 1 aliphatic rings. The number of anilines is 1. The fourth-order valence-electron chi connectivity index (χ4n) is 5.29. The minimum Gasteiger partial charge on any atom is -0.422 e. The number of rotatable bonds is 14. The summed E-state index contributed by atoms with van der Waals surface area (Å²) in [5.41, 5.74) is 5.13. The first kappa shape index (κ1) is 33.2. The largest absolute Gasteiger partial charge is 0.422 e. The van der Waals surface area contributed by atoms with Gasteiger partial charge < -0.3 is 19.3 Å². The predicted octanol–water partition coefficient (Wildman–Crippen LogP) is 7.75. The molecule has 0 saturated carbocycles. The normalized spacial score (nSPS) is 16.1. The Balaban J connectivity index is 2.08. The van der Waals surface area contributed by atoms with Gasteiger partial charge in [0.1, 0.15) is 5.84 Å². The van der Waals surface area contributed by atoms with Crippen LogP contribution in [0.2, 0.25) is 0 Å². The van der Waals surface area contributed by atoms with Gasteiger partial charge >= 0.3 is 11.9 Å². The van der Waals surface area contributed by atoms with Crippen molar-refractivity contribution in [3.63, 3.8) is 0 Å². The van der Waals surface area contributed by atoms with E-state index in [9.17, 15) is 9.59 Å². The molecule has 1 saturated heterocycles. The number of amidine groups is 1. The Morgan fingerprint density at radius 3 is 2.07 bits per heavy atom. The summed E-state index contributed by atoms with van der Waals surface area (Å²) in [5, 5.41) is 0. The average molecular weight is 578 g/mol. The zero-order valence-electron chi connectivity index (χ0n) is 27.0. The number of unbranched alkanes of at least 4 members (excludes halogenated alkanes) is 4. The van der Waals surface area contributed by atoms with Crippen molar-refractivity contribution in [3.05, 3.63) is 59.2 Å². The topological polar surface area (TPSA) is 71.4 Å². The lowest BCUT2D eigenvalue weighted by Gasteiger charge is -2.39. The molecule has 230 valence electrons. The van der Waals surface area contributed by atoms with E-state index in [0.717, 1.165) is 48.9 Å². The molecular formula is C35H51N3O4. The first-order chi connectivity index (χ1) is 20.0. The second kappa shape index (κ2) is 15.2. The Kier molecular flexibility index (Phi) is 12.0. The van der Waals surface area contributed by atoms with Crippen LogP contribution in [-0.2, 0) is 32.0 Å². The fourth-order valence-corrected chi connectivity index (χ4v) is 5.29. The Morgan fingerprint density at radius 1 is 0.905 bits per heavy atom. The molecule has 1 heterocycles. The molecule has 0 radical (unpaired) electrons. The molecule has 1 fully saturated rings. The lowest BCUT2D eigenvalue weighted by atomic mass is 10.00. The summed E-state index contributed by atoms with van der Waals surface area (Å²) in [6, 6.07) is 14.7. The number of hydrogen-bond donors (Lipinski definition) is 0. The first-order valence-electron chi connectivity index (χ1n) is 15.6. The van der Waals surface area contributed by atoms with Crippen LogP contribution in [0, 0.1) is 12.8 Å². The second-order valence-corrected chi connectivity index (χ2v) is 12.3. The van der Waals surface area contributed by atoms with E-state index < -0.39 is 23.6 Å². The van der Waals surface area contributed by atoms with E-state index in [1.54, 1.807) is 13.8 Å². The van der Waals surface area contributed by atoms with Crippen molar-refractivity contribution in [1.82, 2.24) is 4.90 Å². The van der Waals surface area contributed by atoms with Gasteiger partial charge in [-0.1, -0.05) is 70.2 Å². The maximum atomic E-state index is 13.5. The maximum absolute atomic E-state index is 13.5. The van der Waals surface area contributed by atoms with Crippen LogP contribution >= 0.6 is 0 Å². The number of esters is 2. The van der Waals surface area contributed by atoms with Gasteiger partial charge in [0, 0.05) is 46.2 Å². The lowest BCUT2D eigenvalue weighted by molar-refractivity contribution is -0.236. The highest BCUT2D eigenvalue weighted by Gasteiger charge is 2.48. The van der Waals surface area contributed by atoms with Crippen molar-refractivity contribution < 1.29 is 19.1 Å². The van der Waals surface area contributed by atoms with Crippen LogP contribution in [-0.4, -0.2) is 48.6 Å².